The quantitative estimate of drug-likeness (QED) is 0.662. The molecular formula is C15H16N2O2. The van der Waals surface area contributed by atoms with Gasteiger partial charge < -0.3 is 5.32 Å². The van der Waals surface area contributed by atoms with Crippen LogP contribution in [0.3, 0.4) is 0 Å². The summed E-state index contributed by atoms with van der Waals surface area (Å²) < 4.78 is 0. The van der Waals surface area contributed by atoms with E-state index in [1.165, 1.54) is 6.07 Å². The summed E-state index contributed by atoms with van der Waals surface area (Å²) in [6.45, 7) is 4.02. The van der Waals surface area contributed by atoms with Crippen LogP contribution in [0.4, 0.5) is 11.4 Å². The van der Waals surface area contributed by atoms with E-state index >= 15 is 0 Å². The van der Waals surface area contributed by atoms with Crippen molar-refractivity contribution in [3.05, 3.63) is 69.8 Å². The molecule has 0 amide bonds. The SMILES string of the molecule is Cc1ccccc1NC(C)c1cccc([N+](=O)[O-])c1. The number of rotatable bonds is 4. The maximum atomic E-state index is 10.8. The third kappa shape index (κ3) is 3.10. The number of hydrogen-bond donors (Lipinski definition) is 1. The van der Waals surface area contributed by atoms with Gasteiger partial charge in [-0.1, -0.05) is 30.3 Å². The normalized spacial score (nSPS) is 11.9. The smallest absolute Gasteiger partial charge is 0.269 e. The van der Waals surface area contributed by atoms with Crippen molar-refractivity contribution in [1.82, 2.24) is 0 Å². The average molecular weight is 256 g/mol. The molecule has 0 aliphatic carbocycles. The molecular weight excluding hydrogens is 240 g/mol. The molecule has 1 unspecified atom stereocenters. The Balaban J connectivity index is 2.20. The van der Waals surface area contributed by atoms with Gasteiger partial charge in [0.2, 0.25) is 0 Å². The zero-order valence-electron chi connectivity index (χ0n) is 11.0. The highest BCUT2D eigenvalue weighted by Gasteiger charge is 2.11. The van der Waals surface area contributed by atoms with Gasteiger partial charge in [0.15, 0.2) is 0 Å². The minimum atomic E-state index is -0.371. The first-order chi connectivity index (χ1) is 9.08. The molecule has 0 radical (unpaired) electrons. The van der Waals surface area contributed by atoms with Crippen molar-refractivity contribution in [2.45, 2.75) is 19.9 Å². The predicted molar refractivity (Wildman–Crippen MR) is 76.3 cm³/mol. The molecule has 4 heteroatoms. The Morgan fingerprint density at radius 3 is 2.58 bits per heavy atom. The highest BCUT2D eigenvalue weighted by Crippen LogP contribution is 2.24. The van der Waals surface area contributed by atoms with Crippen molar-refractivity contribution in [2.24, 2.45) is 0 Å². The van der Waals surface area contributed by atoms with Crippen LogP contribution in [0.5, 0.6) is 0 Å². The van der Waals surface area contributed by atoms with Gasteiger partial charge in [0.05, 0.1) is 4.92 Å². The van der Waals surface area contributed by atoms with Gasteiger partial charge in [0.25, 0.3) is 5.69 Å². The summed E-state index contributed by atoms with van der Waals surface area (Å²) in [5, 5.41) is 14.1. The van der Waals surface area contributed by atoms with Crippen molar-refractivity contribution in [3.8, 4) is 0 Å². The van der Waals surface area contributed by atoms with E-state index in [0.717, 1.165) is 16.8 Å². The molecule has 19 heavy (non-hydrogen) atoms. The van der Waals surface area contributed by atoms with E-state index in [1.54, 1.807) is 12.1 Å². The lowest BCUT2D eigenvalue weighted by Crippen LogP contribution is -2.07. The van der Waals surface area contributed by atoms with Crippen LogP contribution in [0.25, 0.3) is 0 Å². The standard InChI is InChI=1S/C15H16N2O2/c1-11-6-3-4-9-15(11)16-12(2)13-7-5-8-14(10-13)17(18)19/h3-10,12,16H,1-2H3. The molecule has 2 aromatic rings. The Morgan fingerprint density at radius 1 is 1.16 bits per heavy atom. The summed E-state index contributed by atoms with van der Waals surface area (Å²) in [5.74, 6) is 0. The van der Waals surface area contributed by atoms with E-state index in [-0.39, 0.29) is 16.7 Å². The first kappa shape index (κ1) is 13.1. The first-order valence-corrected chi connectivity index (χ1v) is 6.14. The second kappa shape index (κ2) is 5.52. The van der Waals surface area contributed by atoms with E-state index < -0.39 is 0 Å². The Kier molecular flexibility index (Phi) is 3.80. The molecule has 0 aliphatic heterocycles. The van der Waals surface area contributed by atoms with Crippen LogP contribution >= 0.6 is 0 Å². The van der Waals surface area contributed by atoms with Gasteiger partial charge in [-0.2, -0.15) is 0 Å². The molecule has 1 atom stereocenters. The number of nitrogens with zero attached hydrogens (tertiary/aromatic N) is 1. The fraction of sp³-hybridized carbons (Fsp3) is 0.200. The van der Waals surface area contributed by atoms with Gasteiger partial charge in [0, 0.05) is 23.9 Å². The number of nitro benzene ring substituents is 1. The molecule has 0 saturated heterocycles. The fourth-order valence-electron chi connectivity index (χ4n) is 1.96. The predicted octanol–water partition coefficient (Wildman–Crippen LogP) is 4.08. The number of nitro groups is 1. The zero-order valence-corrected chi connectivity index (χ0v) is 11.0. The molecule has 4 nitrogen and oxygen atoms in total. The topological polar surface area (TPSA) is 55.2 Å². The third-order valence-corrected chi connectivity index (χ3v) is 3.10. The van der Waals surface area contributed by atoms with Crippen LogP contribution in [-0.4, -0.2) is 4.92 Å². The molecule has 2 rings (SSSR count). The van der Waals surface area contributed by atoms with E-state index in [0.29, 0.717) is 0 Å². The summed E-state index contributed by atoms with van der Waals surface area (Å²) in [4.78, 5) is 10.4. The molecule has 1 N–H and O–H groups in total. The lowest BCUT2D eigenvalue weighted by Gasteiger charge is -2.17. The monoisotopic (exact) mass is 256 g/mol. The van der Waals surface area contributed by atoms with Crippen molar-refractivity contribution < 1.29 is 4.92 Å². The van der Waals surface area contributed by atoms with Gasteiger partial charge in [0.1, 0.15) is 0 Å². The van der Waals surface area contributed by atoms with Gasteiger partial charge in [-0.25, -0.2) is 0 Å². The van der Waals surface area contributed by atoms with Crippen molar-refractivity contribution in [3.63, 3.8) is 0 Å². The van der Waals surface area contributed by atoms with Gasteiger partial charge in [-0.05, 0) is 31.0 Å². The molecule has 0 bridgehead atoms. The van der Waals surface area contributed by atoms with Gasteiger partial charge in [-0.3, -0.25) is 10.1 Å². The van der Waals surface area contributed by atoms with Gasteiger partial charge >= 0.3 is 0 Å². The summed E-state index contributed by atoms with van der Waals surface area (Å²) in [6, 6.07) is 14.7. The molecule has 0 saturated carbocycles. The number of aryl methyl sites for hydroxylation is 1. The number of anilines is 1. The minimum Gasteiger partial charge on any atom is -0.378 e. The largest absolute Gasteiger partial charge is 0.378 e. The highest BCUT2D eigenvalue weighted by atomic mass is 16.6. The van der Waals surface area contributed by atoms with E-state index in [1.807, 2.05) is 44.2 Å². The van der Waals surface area contributed by atoms with E-state index in [4.69, 9.17) is 0 Å². The molecule has 0 aliphatic rings. The number of nitrogens with one attached hydrogen (secondary N) is 1. The summed E-state index contributed by atoms with van der Waals surface area (Å²) in [7, 11) is 0. The lowest BCUT2D eigenvalue weighted by molar-refractivity contribution is -0.384. The Hall–Kier alpha value is -2.36. The van der Waals surface area contributed by atoms with E-state index in [9.17, 15) is 10.1 Å². The third-order valence-electron chi connectivity index (χ3n) is 3.10. The number of para-hydroxylation sites is 1. The molecule has 0 aromatic heterocycles. The summed E-state index contributed by atoms with van der Waals surface area (Å²) in [6.07, 6.45) is 0. The van der Waals surface area contributed by atoms with Crippen molar-refractivity contribution in [1.29, 1.82) is 0 Å². The van der Waals surface area contributed by atoms with Crippen LogP contribution in [0.1, 0.15) is 24.1 Å². The maximum Gasteiger partial charge on any atom is 0.269 e. The molecule has 98 valence electrons. The first-order valence-electron chi connectivity index (χ1n) is 6.14. The van der Waals surface area contributed by atoms with Crippen LogP contribution < -0.4 is 5.32 Å². The second-order valence-corrected chi connectivity index (χ2v) is 4.53. The van der Waals surface area contributed by atoms with Crippen LogP contribution in [0, 0.1) is 17.0 Å². The Bertz CT molecular complexity index is 596. The van der Waals surface area contributed by atoms with Crippen molar-refractivity contribution in [2.75, 3.05) is 5.32 Å². The molecule has 0 spiro atoms. The number of benzene rings is 2. The zero-order chi connectivity index (χ0) is 13.8. The van der Waals surface area contributed by atoms with Crippen LogP contribution in [-0.2, 0) is 0 Å². The van der Waals surface area contributed by atoms with Crippen LogP contribution in [0.2, 0.25) is 0 Å². The Labute approximate surface area is 112 Å². The fourth-order valence-corrected chi connectivity index (χ4v) is 1.96. The summed E-state index contributed by atoms with van der Waals surface area (Å²) in [5.41, 5.74) is 3.22. The molecule has 2 aromatic carbocycles. The molecule has 0 heterocycles. The lowest BCUT2D eigenvalue weighted by atomic mass is 10.1. The van der Waals surface area contributed by atoms with Gasteiger partial charge in [-0.15, -0.1) is 0 Å². The number of non-ortho nitro benzene ring substituents is 1. The summed E-state index contributed by atoms with van der Waals surface area (Å²) >= 11 is 0. The van der Waals surface area contributed by atoms with E-state index in [2.05, 4.69) is 5.32 Å². The average Bonchev–Trinajstić information content (AvgIpc) is 2.41. The van der Waals surface area contributed by atoms with Crippen molar-refractivity contribution >= 4 is 11.4 Å². The molecule has 0 fully saturated rings. The second-order valence-electron chi connectivity index (χ2n) is 4.53. The maximum absolute atomic E-state index is 10.8. The minimum absolute atomic E-state index is 0.0148. The Morgan fingerprint density at radius 2 is 1.89 bits per heavy atom. The number of hydrogen-bond acceptors (Lipinski definition) is 3. The van der Waals surface area contributed by atoms with Crippen LogP contribution in [0.15, 0.2) is 48.5 Å². The highest BCUT2D eigenvalue weighted by molar-refractivity contribution is 5.52.